The largest absolute Gasteiger partial charge is 0.456 e. The standard InChI is InChI=1S/C11H14F2N2O2S/c1-10(2,8-14-3-4-18-8)15-6-7-5-11(12,13)9(16)17-7/h3-4,7,15H,5-6H2,1-2H3. The van der Waals surface area contributed by atoms with Gasteiger partial charge in [-0.05, 0) is 13.8 Å². The molecule has 1 atom stereocenters. The van der Waals surface area contributed by atoms with Crippen LogP contribution in [0.2, 0.25) is 0 Å². The van der Waals surface area contributed by atoms with Crippen molar-refractivity contribution in [3.63, 3.8) is 0 Å². The van der Waals surface area contributed by atoms with Crippen LogP contribution in [0, 0.1) is 0 Å². The van der Waals surface area contributed by atoms with Crippen LogP contribution in [0.15, 0.2) is 11.6 Å². The van der Waals surface area contributed by atoms with E-state index in [4.69, 9.17) is 0 Å². The number of ether oxygens (including phenoxy) is 1. The van der Waals surface area contributed by atoms with E-state index >= 15 is 0 Å². The molecule has 1 saturated heterocycles. The van der Waals surface area contributed by atoms with Crippen molar-refractivity contribution in [2.24, 2.45) is 0 Å². The zero-order chi connectivity index (χ0) is 13.4. The third kappa shape index (κ3) is 2.67. The van der Waals surface area contributed by atoms with E-state index in [1.807, 2.05) is 19.2 Å². The van der Waals surface area contributed by atoms with Crippen LogP contribution < -0.4 is 5.32 Å². The number of halogens is 2. The van der Waals surface area contributed by atoms with Crippen LogP contribution >= 0.6 is 11.3 Å². The van der Waals surface area contributed by atoms with Gasteiger partial charge in [-0.3, -0.25) is 0 Å². The van der Waals surface area contributed by atoms with Crippen molar-refractivity contribution in [1.29, 1.82) is 0 Å². The van der Waals surface area contributed by atoms with Crippen LogP contribution in [-0.4, -0.2) is 29.5 Å². The highest BCUT2D eigenvalue weighted by atomic mass is 32.1. The Morgan fingerprint density at radius 1 is 1.67 bits per heavy atom. The highest BCUT2D eigenvalue weighted by Gasteiger charge is 2.50. The molecule has 7 heteroatoms. The first kappa shape index (κ1) is 13.4. The number of nitrogens with zero attached hydrogens (tertiary/aromatic N) is 1. The van der Waals surface area contributed by atoms with Crippen LogP contribution in [0.4, 0.5) is 8.78 Å². The number of esters is 1. The fraction of sp³-hybridized carbons (Fsp3) is 0.636. The van der Waals surface area contributed by atoms with Gasteiger partial charge in [-0.15, -0.1) is 11.3 Å². The predicted octanol–water partition coefficient (Wildman–Crippen LogP) is 1.92. The number of hydrogen-bond donors (Lipinski definition) is 1. The molecular weight excluding hydrogens is 262 g/mol. The maximum atomic E-state index is 13.0. The Morgan fingerprint density at radius 3 is 2.89 bits per heavy atom. The van der Waals surface area contributed by atoms with Crippen molar-refractivity contribution < 1.29 is 18.3 Å². The lowest BCUT2D eigenvalue weighted by atomic mass is 10.1. The maximum Gasteiger partial charge on any atom is 0.377 e. The zero-order valence-corrected chi connectivity index (χ0v) is 10.9. The lowest BCUT2D eigenvalue weighted by molar-refractivity contribution is -0.159. The van der Waals surface area contributed by atoms with Gasteiger partial charge in [-0.1, -0.05) is 0 Å². The maximum absolute atomic E-state index is 13.0. The molecule has 0 aliphatic carbocycles. The Kier molecular flexibility index (Phi) is 3.37. The Bertz CT molecular complexity index is 434. The van der Waals surface area contributed by atoms with Crippen molar-refractivity contribution in [1.82, 2.24) is 10.3 Å². The first-order valence-corrected chi connectivity index (χ1v) is 6.43. The molecule has 1 aromatic heterocycles. The van der Waals surface area contributed by atoms with Gasteiger partial charge in [0.1, 0.15) is 11.1 Å². The van der Waals surface area contributed by atoms with Gasteiger partial charge < -0.3 is 10.1 Å². The van der Waals surface area contributed by atoms with Crippen LogP contribution in [0.5, 0.6) is 0 Å². The summed E-state index contributed by atoms with van der Waals surface area (Å²) in [5.41, 5.74) is -0.432. The zero-order valence-electron chi connectivity index (χ0n) is 10.1. The Hall–Kier alpha value is -1.08. The summed E-state index contributed by atoms with van der Waals surface area (Å²) in [6, 6.07) is 0. The highest BCUT2D eigenvalue weighted by Crippen LogP contribution is 2.31. The average Bonchev–Trinajstić information content (AvgIpc) is 2.86. The molecule has 4 nitrogen and oxygen atoms in total. The van der Waals surface area contributed by atoms with E-state index < -0.39 is 30.0 Å². The quantitative estimate of drug-likeness (QED) is 0.854. The Balaban J connectivity index is 1.91. The van der Waals surface area contributed by atoms with Crippen molar-refractivity contribution in [2.75, 3.05) is 6.54 Å². The summed E-state index contributed by atoms with van der Waals surface area (Å²) in [5, 5.41) is 5.81. The summed E-state index contributed by atoms with van der Waals surface area (Å²) in [4.78, 5) is 15.0. The molecule has 0 saturated carbocycles. The van der Waals surface area contributed by atoms with Gasteiger partial charge in [0, 0.05) is 18.1 Å². The molecule has 2 rings (SSSR count). The van der Waals surface area contributed by atoms with E-state index in [1.165, 1.54) is 11.3 Å². The van der Waals surface area contributed by atoms with Crippen LogP contribution in [0.1, 0.15) is 25.3 Å². The van der Waals surface area contributed by atoms with Gasteiger partial charge in [0.05, 0.1) is 12.0 Å². The van der Waals surface area contributed by atoms with Gasteiger partial charge >= 0.3 is 11.9 Å². The summed E-state index contributed by atoms with van der Waals surface area (Å²) >= 11 is 1.48. The monoisotopic (exact) mass is 276 g/mol. The van der Waals surface area contributed by atoms with E-state index in [2.05, 4.69) is 15.0 Å². The minimum atomic E-state index is -3.35. The molecule has 0 spiro atoms. The number of thiazole rings is 1. The van der Waals surface area contributed by atoms with E-state index in [9.17, 15) is 13.6 Å². The normalized spacial score (nSPS) is 23.1. The van der Waals surface area contributed by atoms with E-state index in [-0.39, 0.29) is 6.54 Å². The predicted molar refractivity (Wildman–Crippen MR) is 62.6 cm³/mol. The van der Waals surface area contributed by atoms with E-state index in [1.54, 1.807) is 6.20 Å². The Morgan fingerprint density at radius 2 is 2.39 bits per heavy atom. The summed E-state index contributed by atoms with van der Waals surface area (Å²) in [7, 11) is 0. The molecule has 1 fully saturated rings. The number of hydrogen-bond acceptors (Lipinski definition) is 5. The number of carbonyl (C=O) groups excluding carboxylic acids is 1. The molecule has 0 radical (unpaired) electrons. The van der Waals surface area contributed by atoms with Crippen molar-refractivity contribution in [3.05, 3.63) is 16.6 Å². The molecule has 1 aromatic rings. The number of cyclic esters (lactones) is 1. The first-order valence-electron chi connectivity index (χ1n) is 5.55. The molecule has 1 aliphatic heterocycles. The van der Waals surface area contributed by atoms with Gasteiger partial charge in [-0.2, -0.15) is 8.78 Å². The fourth-order valence-electron chi connectivity index (χ4n) is 1.74. The smallest absolute Gasteiger partial charge is 0.377 e. The van der Waals surface area contributed by atoms with Gasteiger partial charge in [0.15, 0.2) is 0 Å². The van der Waals surface area contributed by atoms with Crippen molar-refractivity contribution in [2.45, 2.75) is 37.8 Å². The van der Waals surface area contributed by atoms with Gasteiger partial charge in [0.25, 0.3) is 0 Å². The number of alkyl halides is 2. The fourth-order valence-corrected chi connectivity index (χ4v) is 2.48. The lowest BCUT2D eigenvalue weighted by Gasteiger charge is -2.25. The summed E-state index contributed by atoms with van der Waals surface area (Å²) in [5.74, 6) is -4.78. The molecule has 0 amide bonds. The second kappa shape index (κ2) is 4.55. The Labute approximate surface area is 107 Å². The summed E-state index contributed by atoms with van der Waals surface area (Å²) in [6.45, 7) is 4.00. The number of aromatic nitrogens is 1. The molecule has 1 unspecified atom stereocenters. The van der Waals surface area contributed by atoms with Crippen LogP contribution in [0.25, 0.3) is 0 Å². The van der Waals surface area contributed by atoms with Gasteiger partial charge in [-0.25, -0.2) is 9.78 Å². The summed E-state index contributed by atoms with van der Waals surface area (Å²) < 4.78 is 30.6. The average molecular weight is 276 g/mol. The molecule has 0 aromatic carbocycles. The van der Waals surface area contributed by atoms with E-state index in [0.29, 0.717) is 0 Å². The third-order valence-electron chi connectivity index (χ3n) is 2.80. The molecule has 18 heavy (non-hydrogen) atoms. The first-order chi connectivity index (χ1) is 8.31. The van der Waals surface area contributed by atoms with Gasteiger partial charge in [0.2, 0.25) is 0 Å². The molecule has 100 valence electrons. The molecule has 2 heterocycles. The second-order valence-electron chi connectivity index (χ2n) is 4.78. The number of nitrogens with one attached hydrogen (secondary N) is 1. The second-order valence-corrected chi connectivity index (χ2v) is 5.67. The topological polar surface area (TPSA) is 51.2 Å². The van der Waals surface area contributed by atoms with Crippen LogP contribution in [-0.2, 0) is 15.1 Å². The molecule has 0 bridgehead atoms. The number of carbonyl (C=O) groups is 1. The number of rotatable bonds is 4. The third-order valence-corrected chi connectivity index (χ3v) is 3.89. The lowest BCUT2D eigenvalue weighted by Crippen LogP contribution is -2.41. The molecule has 1 aliphatic rings. The minimum Gasteiger partial charge on any atom is -0.456 e. The molecular formula is C11H14F2N2O2S. The summed E-state index contributed by atoms with van der Waals surface area (Å²) in [6.07, 6.45) is 0.340. The van der Waals surface area contributed by atoms with E-state index in [0.717, 1.165) is 5.01 Å². The van der Waals surface area contributed by atoms with Crippen molar-refractivity contribution in [3.8, 4) is 0 Å². The van der Waals surface area contributed by atoms with Crippen LogP contribution in [0.3, 0.4) is 0 Å². The SMILES string of the molecule is CC(C)(NCC1CC(F)(F)C(=O)O1)c1nccs1. The van der Waals surface area contributed by atoms with Crippen molar-refractivity contribution >= 4 is 17.3 Å². The molecule has 1 N–H and O–H groups in total. The minimum absolute atomic E-state index is 0.188. The highest BCUT2D eigenvalue weighted by molar-refractivity contribution is 7.09.